The standard InChI is InChI=1S/C21H22FNO2/c1-13-2-3-15(12-20(13)24)21(25)23-18-8-9-19(23)11-16(10-18)14-4-6-17(22)7-5-14/h2-7,12,16,18-19,24H,8-11H2,1H3/t16?,18-,19+. The molecule has 0 saturated carbocycles. The number of amides is 1. The van der Waals surface area contributed by atoms with Crippen LogP contribution in [-0.4, -0.2) is 28.0 Å². The van der Waals surface area contributed by atoms with Crippen LogP contribution in [0.15, 0.2) is 42.5 Å². The highest BCUT2D eigenvalue weighted by atomic mass is 19.1. The quantitative estimate of drug-likeness (QED) is 0.881. The van der Waals surface area contributed by atoms with Gasteiger partial charge in [0.25, 0.3) is 5.91 Å². The third kappa shape index (κ3) is 2.90. The van der Waals surface area contributed by atoms with Gasteiger partial charge in [-0.2, -0.15) is 0 Å². The molecule has 1 unspecified atom stereocenters. The Morgan fingerprint density at radius 2 is 1.72 bits per heavy atom. The number of aromatic hydroxyl groups is 1. The van der Waals surface area contributed by atoms with E-state index in [0.717, 1.165) is 31.2 Å². The molecule has 2 heterocycles. The fraction of sp³-hybridized carbons (Fsp3) is 0.381. The van der Waals surface area contributed by atoms with Gasteiger partial charge in [0.2, 0.25) is 0 Å². The van der Waals surface area contributed by atoms with E-state index in [1.165, 1.54) is 17.7 Å². The SMILES string of the molecule is Cc1ccc(C(=O)N2[C@@H]3CC[C@H]2CC(c2ccc(F)cc2)C3)cc1O. The zero-order chi connectivity index (χ0) is 17.6. The molecule has 2 saturated heterocycles. The van der Waals surface area contributed by atoms with E-state index in [1.807, 2.05) is 24.0 Å². The third-order valence-electron chi connectivity index (χ3n) is 5.77. The van der Waals surface area contributed by atoms with Crippen LogP contribution >= 0.6 is 0 Å². The van der Waals surface area contributed by atoms with Gasteiger partial charge in [0.15, 0.2) is 0 Å². The second kappa shape index (κ2) is 6.17. The Morgan fingerprint density at radius 1 is 1.08 bits per heavy atom. The molecule has 2 aliphatic heterocycles. The van der Waals surface area contributed by atoms with Crippen molar-refractivity contribution in [3.05, 3.63) is 65.0 Å². The number of benzene rings is 2. The highest BCUT2D eigenvalue weighted by Gasteiger charge is 2.43. The molecule has 2 fully saturated rings. The average Bonchev–Trinajstić information content (AvgIpc) is 2.87. The average molecular weight is 339 g/mol. The van der Waals surface area contributed by atoms with Crippen LogP contribution in [0, 0.1) is 12.7 Å². The van der Waals surface area contributed by atoms with Gasteiger partial charge in [-0.3, -0.25) is 4.79 Å². The van der Waals surface area contributed by atoms with Crippen LogP contribution in [0.5, 0.6) is 5.75 Å². The maximum absolute atomic E-state index is 13.2. The van der Waals surface area contributed by atoms with E-state index in [0.29, 0.717) is 11.5 Å². The van der Waals surface area contributed by atoms with E-state index in [-0.39, 0.29) is 29.6 Å². The molecule has 4 rings (SSSR count). The summed E-state index contributed by atoms with van der Waals surface area (Å²) in [5.41, 5.74) is 2.49. The Balaban J connectivity index is 1.55. The zero-order valence-corrected chi connectivity index (χ0v) is 14.3. The van der Waals surface area contributed by atoms with E-state index in [9.17, 15) is 14.3 Å². The maximum Gasteiger partial charge on any atom is 0.254 e. The van der Waals surface area contributed by atoms with Crippen molar-refractivity contribution in [1.82, 2.24) is 4.90 Å². The summed E-state index contributed by atoms with van der Waals surface area (Å²) in [6, 6.07) is 12.4. The van der Waals surface area contributed by atoms with Crippen LogP contribution in [0.2, 0.25) is 0 Å². The van der Waals surface area contributed by atoms with Crippen LogP contribution in [0.25, 0.3) is 0 Å². The second-order valence-electron chi connectivity index (χ2n) is 7.32. The van der Waals surface area contributed by atoms with E-state index < -0.39 is 0 Å². The highest BCUT2D eigenvalue weighted by Crippen LogP contribution is 2.43. The van der Waals surface area contributed by atoms with Gasteiger partial charge in [-0.05, 0) is 73.9 Å². The first kappa shape index (κ1) is 16.1. The Labute approximate surface area is 147 Å². The molecule has 1 amide bonds. The molecule has 0 spiro atoms. The number of hydrogen-bond acceptors (Lipinski definition) is 2. The number of aryl methyl sites for hydroxylation is 1. The van der Waals surface area contributed by atoms with Crippen molar-refractivity contribution in [1.29, 1.82) is 0 Å². The largest absolute Gasteiger partial charge is 0.508 e. The molecule has 130 valence electrons. The number of halogens is 1. The minimum absolute atomic E-state index is 0.0142. The van der Waals surface area contributed by atoms with Crippen LogP contribution in [0.1, 0.15) is 53.1 Å². The molecule has 0 aliphatic carbocycles. The van der Waals surface area contributed by atoms with Crippen LogP contribution < -0.4 is 0 Å². The Morgan fingerprint density at radius 3 is 2.32 bits per heavy atom. The minimum Gasteiger partial charge on any atom is -0.508 e. The predicted molar refractivity (Wildman–Crippen MR) is 94.2 cm³/mol. The van der Waals surface area contributed by atoms with Gasteiger partial charge in [0.05, 0.1) is 0 Å². The maximum atomic E-state index is 13.2. The third-order valence-corrected chi connectivity index (χ3v) is 5.77. The lowest BCUT2D eigenvalue weighted by atomic mass is 9.84. The zero-order valence-electron chi connectivity index (χ0n) is 14.3. The second-order valence-corrected chi connectivity index (χ2v) is 7.32. The van der Waals surface area contributed by atoms with Crippen LogP contribution in [-0.2, 0) is 0 Å². The van der Waals surface area contributed by atoms with Crippen molar-refractivity contribution in [3.8, 4) is 5.75 Å². The van der Waals surface area contributed by atoms with Gasteiger partial charge < -0.3 is 10.0 Å². The molecule has 3 atom stereocenters. The topological polar surface area (TPSA) is 40.5 Å². The molecule has 2 bridgehead atoms. The van der Waals surface area contributed by atoms with E-state index in [4.69, 9.17) is 0 Å². The van der Waals surface area contributed by atoms with Crippen LogP contribution in [0.3, 0.4) is 0 Å². The first-order valence-electron chi connectivity index (χ1n) is 8.90. The number of nitrogens with zero attached hydrogens (tertiary/aromatic N) is 1. The van der Waals surface area contributed by atoms with Crippen molar-refractivity contribution in [2.75, 3.05) is 0 Å². The molecule has 2 aliphatic rings. The van der Waals surface area contributed by atoms with Gasteiger partial charge in [-0.1, -0.05) is 18.2 Å². The first-order valence-corrected chi connectivity index (χ1v) is 8.90. The molecule has 0 aromatic heterocycles. The van der Waals surface area contributed by atoms with E-state index in [1.54, 1.807) is 18.2 Å². The summed E-state index contributed by atoms with van der Waals surface area (Å²) in [5, 5.41) is 9.91. The van der Waals surface area contributed by atoms with E-state index in [2.05, 4.69) is 0 Å². The molecule has 4 heteroatoms. The number of hydrogen-bond donors (Lipinski definition) is 1. The molecular formula is C21H22FNO2. The van der Waals surface area contributed by atoms with Gasteiger partial charge in [-0.25, -0.2) is 4.39 Å². The summed E-state index contributed by atoms with van der Waals surface area (Å²) in [5.74, 6) is 0.354. The molecule has 25 heavy (non-hydrogen) atoms. The molecular weight excluding hydrogens is 317 g/mol. The van der Waals surface area contributed by atoms with Gasteiger partial charge in [0.1, 0.15) is 11.6 Å². The number of piperidine rings is 1. The van der Waals surface area contributed by atoms with Gasteiger partial charge in [0, 0.05) is 17.6 Å². The first-order chi connectivity index (χ1) is 12.0. The van der Waals surface area contributed by atoms with E-state index >= 15 is 0 Å². The number of carbonyl (C=O) groups is 1. The Bertz CT molecular complexity index is 788. The summed E-state index contributed by atoms with van der Waals surface area (Å²) in [6.07, 6.45) is 3.88. The predicted octanol–water partition coefficient (Wildman–Crippen LogP) is 4.39. The smallest absolute Gasteiger partial charge is 0.254 e. The lowest BCUT2D eigenvalue weighted by molar-refractivity contribution is 0.0571. The fourth-order valence-electron chi connectivity index (χ4n) is 4.41. The van der Waals surface area contributed by atoms with Crippen LogP contribution in [0.4, 0.5) is 4.39 Å². The van der Waals surface area contributed by atoms with Gasteiger partial charge in [-0.15, -0.1) is 0 Å². The van der Waals surface area contributed by atoms with Crippen molar-refractivity contribution in [2.24, 2.45) is 0 Å². The van der Waals surface area contributed by atoms with Crippen molar-refractivity contribution in [2.45, 2.75) is 50.6 Å². The van der Waals surface area contributed by atoms with Gasteiger partial charge >= 0.3 is 0 Å². The summed E-state index contributed by atoms with van der Waals surface area (Å²) in [7, 11) is 0. The van der Waals surface area contributed by atoms with Crippen molar-refractivity contribution in [3.63, 3.8) is 0 Å². The Kier molecular flexibility index (Phi) is 3.98. The fourth-order valence-corrected chi connectivity index (χ4v) is 4.41. The summed E-state index contributed by atoms with van der Waals surface area (Å²) < 4.78 is 13.2. The molecule has 0 radical (unpaired) electrons. The number of carbonyl (C=O) groups excluding carboxylic acids is 1. The summed E-state index contributed by atoms with van der Waals surface area (Å²) >= 11 is 0. The molecule has 2 aromatic carbocycles. The monoisotopic (exact) mass is 339 g/mol. The molecule has 3 nitrogen and oxygen atoms in total. The Hall–Kier alpha value is -2.36. The molecule has 2 aromatic rings. The summed E-state index contributed by atoms with van der Waals surface area (Å²) in [4.78, 5) is 15.0. The highest BCUT2D eigenvalue weighted by molar-refractivity contribution is 5.95. The number of phenolic OH excluding ortho intramolecular Hbond substituents is 1. The number of rotatable bonds is 2. The minimum atomic E-state index is -0.210. The summed E-state index contributed by atoms with van der Waals surface area (Å²) in [6.45, 7) is 1.82. The van der Waals surface area contributed by atoms with Crippen molar-refractivity contribution < 1.29 is 14.3 Å². The number of phenols is 1. The molecule has 1 N–H and O–H groups in total. The lowest BCUT2D eigenvalue weighted by Gasteiger charge is -2.39. The lowest BCUT2D eigenvalue weighted by Crippen LogP contribution is -2.46. The normalized spacial score (nSPS) is 25.2. The number of fused-ring (bicyclic) bond motifs is 2. The van der Waals surface area contributed by atoms with Crippen molar-refractivity contribution >= 4 is 5.91 Å².